The minimum atomic E-state index is -0.469. The van der Waals surface area contributed by atoms with E-state index in [0.29, 0.717) is 18.8 Å². The second kappa shape index (κ2) is 6.44. The first-order valence-corrected chi connectivity index (χ1v) is 6.90. The Morgan fingerprint density at radius 2 is 2.21 bits per heavy atom. The van der Waals surface area contributed by atoms with E-state index < -0.39 is 11.6 Å². The van der Waals surface area contributed by atoms with Crippen LogP contribution in [-0.2, 0) is 4.74 Å². The fraction of sp³-hybridized carbons (Fsp3) is 0.600. The van der Waals surface area contributed by atoms with Crippen molar-refractivity contribution in [2.24, 2.45) is 5.92 Å². The molecule has 1 aromatic rings. The van der Waals surface area contributed by atoms with Gasteiger partial charge in [-0.2, -0.15) is 0 Å². The summed E-state index contributed by atoms with van der Waals surface area (Å²) in [5.74, 6) is -0.763. The lowest BCUT2D eigenvalue weighted by atomic mass is 9.90. The molecule has 1 aromatic carbocycles. The lowest BCUT2D eigenvalue weighted by Crippen LogP contribution is -2.31. The van der Waals surface area contributed by atoms with Crippen molar-refractivity contribution in [3.63, 3.8) is 0 Å². The van der Waals surface area contributed by atoms with Gasteiger partial charge >= 0.3 is 0 Å². The molecule has 0 spiro atoms. The zero-order chi connectivity index (χ0) is 13.8. The fourth-order valence-corrected chi connectivity index (χ4v) is 2.58. The smallest absolute Gasteiger partial charge is 0.133 e. The molecule has 0 bridgehead atoms. The molecule has 4 heteroatoms. The molecule has 2 atom stereocenters. The normalized spacial score (nSPS) is 20.7. The molecule has 0 aliphatic carbocycles. The average molecular weight is 269 g/mol. The number of halogens is 2. The number of rotatable bonds is 5. The molecule has 1 aliphatic rings. The Kier molecular flexibility index (Phi) is 4.88. The lowest BCUT2D eigenvalue weighted by Gasteiger charge is -2.25. The third-order valence-corrected chi connectivity index (χ3v) is 3.68. The molecular weight excluding hydrogens is 248 g/mol. The molecule has 0 aromatic heterocycles. The van der Waals surface area contributed by atoms with Crippen molar-refractivity contribution >= 4 is 0 Å². The number of aryl methyl sites for hydroxylation is 1. The summed E-state index contributed by atoms with van der Waals surface area (Å²) in [6.45, 7) is 5.69. The van der Waals surface area contributed by atoms with Crippen LogP contribution in [0.15, 0.2) is 12.1 Å². The van der Waals surface area contributed by atoms with Crippen LogP contribution in [0.1, 0.15) is 36.9 Å². The molecule has 2 nitrogen and oxygen atoms in total. The van der Waals surface area contributed by atoms with Gasteiger partial charge in [-0.05, 0) is 37.9 Å². The van der Waals surface area contributed by atoms with Gasteiger partial charge in [-0.25, -0.2) is 8.78 Å². The summed E-state index contributed by atoms with van der Waals surface area (Å²) in [6.07, 6.45) is 1.77. The number of hydrogen-bond acceptors (Lipinski definition) is 2. The number of hydrogen-bond donors (Lipinski definition) is 1. The fourth-order valence-electron chi connectivity index (χ4n) is 2.58. The molecule has 1 N–H and O–H groups in total. The van der Waals surface area contributed by atoms with Crippen molar-refractivity contribution in [2.75, 3.05) is 19.8 Å². The van der Waals surface area contributed by atoms with Gasteiger partial charge < -0.3 is 10.1 Å². The molecule has 1 fully saturated rings. The molecule has 2 rings (SSSR count). The maximum absolute atomic E-state index is 14.3. The van der Waals surface area contributed by atoms with Gasteiger partial charge in [-0.1, -0.05) is 13.0 Å². The summed E-state index contributed by atoms with van der Waals surface area (Å²) in [6, 6.07) is 2.53. The number of benzene rings is 1. The minimum absolute atomic E-state index is 0.136. The van der Waals surface area contributed by atoms with Crippen LogP contribution in [0.4, 0.5) is 8.78 Å². The highest BCUT2D eigenvalue weighted by Gasteiger charge is 2.31. The van der Waals surface area contributed by atoms with Gasteiger partial charge in [0.15, 0.2) is 0 Å². The Hall–Kier alpha value is -1.00. The summed E-state index contributed by atoms with van der Waals surface area (Å²) in [4.78, 5) is 0. The van der Waals surface area contributed by atoms with Crippen LogP contribution in [0.5, 0.6) is 0 Å². The minimum Gasteiger partial charge on any atom is -0.381 e. The van der Waals surface area contributed by atoms with Crippen molar-refractivity contribution < 1.29 is 13.5 Å². The number of nitrogens with one attached hydrogen (secondary N) is 1. The van der Waals surface area contributed by atoms with Crippen molar-refractivity contribution in [1.29, 1.82) is 0 Å². The van der Waals surface area contributed by atoms with Crippen molar-refractivity contribution in [2.45, 2.75) is 32.7 Å². The molecule has 0 radical (unpaired) electrons. The van der Waals surface area contributed by atoms with Crippen LogP contribution in [0.2, 0.25) is 0 Å². The summed E-state index contributed by atoms with van der Waals surface area (Å²) in [7, 11) is 0. The monoisotopic (exact) mass is 269 g/mol. The summed E-state index contributed by atoms with van der Waals surface area (Å²) >= 11 is 0. The molecule has 0 saturated carbocycles. The van der Waals surface area contributed by atoms with Crippen molar-refractivity contribution in [3.05, 3.63) is 34.9 Å². The van der Waals surface area contributed by atoms with Crippen molar-refractivity contribution in [3.8, 4) is 0 Å². The average Bonchev–Trinajstić information content (AvgIpc) is 2.92. The van der Waals surface area contributed by atoms with E-state index in [4.69, 9.17) is 4.74 Å². The largest absolute Gasteiger partial charge is 0.381 e. The maximum atomic E-state index is 14.3. The highest BCUT2D eigenvalue weighted by molar-refractivity contribution is 5.30. The van der Waals surface area contributed by atoms with Gasteiger partial charge in [0.1, 0.15) is 11.6 Å². The Morgan fingerprint density at radius 1 is 1.42 bits per heavy atom. The zero-order valence-electron chi connectivity index (χ0n) is 11.5. The Labute approximate surface area is 113 Å². The standard InChI is InChI=1S/C15H21F2NO/c1-3-7-18-15(11-6-8-19-9-11)13-12(16)5-4-10(2)14(13)17/h4-5,11,15,18H,3,6-9H2,1-2H3. The molecule has 1 saturated heterocycles. The van der Waals surface area contributed by atoms with E-state index in [1.807, 2.05) is 6.92 Å². The summed E-state index contributed by atoms with van der Waals surface area (Å²) in [5.41, 5.74) is 0.655. The lowest BCUT2D eigenvalue weighted by molar-refractivity contribution is 0.175. The van der Waals surface area contributed by atoms with Gasteiger partial charge in [-0.15, -0.1) is 0 Å². The van der Waals surface area contributed by atoms with E-state index in [2.05, 4.69) is 5.32 Å². The highest BCUT2D eigenvalue weighted by Crippen LogP contribution is 2.33. The highest BCUT2D eigenvalue weighted by atomic mass is 19.1. The van der Waals surface area contributed by atoms with Crippen LogP contribution in [0, 0.1) is 24.5 Å². The SMILES string of the molecule is CCCNC(c1c(F)ccc(C)c1F)C1CCOC1. The van der Waals surface area contributed by atoms with E-state index in [1.165, 1.54) is 12.1 Å². The second-order valence-electron chi connectivity index (χ2n) is 5.15. The van der Waals surface area contributed by atoms with Gasteiger partial charge in [0.25, 0.3) is 0 Å². The first-order chi connectivity index (χ1) is 9.15. The molecule has 19 heavy (non-hydrogen) atoms. The predicted molar refractivity (Wildman–Crippen MR) is 71.1 cm³/mol. The van der Waals surface area contributed by atoms with Crippen LogP contribution >= 0.6 is 0 Å². The molecule has 0 amide bonds. The number of ether oxygens (including phenoxy) is 1. The topological polar surface area (TPSA) is 21.3 Å². The van der Waals surface area contributed by atoms with Gasteiger partial charge in [0, 0.05) is 24.1 Å². The first kappa shape index (κ1) is 14.4. The Bertz CT molecular complexity index is 430. The maximum Gasteiger partial charge on any atom is 0.133 e. The van der Waals surface area contributed by atoms with E-state index in [-0.39, 0.29) is 17.5 Å². The first-order valence-electron chi connectivity index (χ1n) is 6.90. The molecule has 1 aliphatic heterocycles. The van der Waals surface area contributed by atoms with Crippen LogP contribution in [0.3, 0.4) is 0 Å². The van der Waals surface area contributed by atoms with E-state index >= 15 is 0 Å². The molecule has 106 valence electrons. The van der Waals surface area contributed by atoms with E-state index in [9.17, 15) is 8.78 Å². The Morgan fingerprint density at radius 3 is 2.84 bits per heavy atom. The van der Waals surface area contributed by atoms with Gasteiger partial charge in [0.2, 0.25) is 0 Å². The zero-order valence-corrected chi connectivity index (χ0v) is 11.5. The van der Waals surface area contributed by atoms with Crippen molar-refractivity contribution in [1.82, 2.24) is 5.32 Å². The van der Waals surface area contributed by atoms with Gasteiger partial charge in [0.05, 0.1) is 6.61 Å². The summed E-state index contributed by atoms with van der Waals surface area (Å²) < 4.78 is 33.7. The van der Waals surface area contributed by atoms with E-state index in [1.54, 1.807) is 6.92 Å². The van der Waals surface area contributed by atoms with Gasteiger partial charge in [-0.3, -0.25) is 0 Å². The van der Waals surface area contributed by atoms with Crippen LogP contribution < -0.4 is 5.32 Å². The molecule has 1 heterocycles. The molecule has 2 unspecified atom stereocenters. The van der Waals surface area contributed by atoms with E-state index in [0.717, 1.165) is 19.4 Å². The second-order valence-corrected chi connectivity index (χ2v) is 5.15. The van der Waals surface area contributed by atoms with Crippen LogP contribution in [0.25, 0.3) is 0 Å². The summed E-state index contributed by atoms with van der Waals surface area (Å²) in [5, 5.41) is 3.28. The Balaban J connectivity index is 2.33. The third-order valence-electron chi connectivity index (χ3n) is 3.68. The third kappa shape index (κ3) is 3.12. The quantitative estimate of drug-likeness (QED) is 0.885. The van der Waals surface area contributed by atoms with Crippen LogP contribution in [-0.4, -0.2) is 19.8 Å². The molecular formula is C15H21F2NO. The predicted octanol–water partition coefficient (Wildman–Crippen LogP) is 3.35.